The number of esters is 2. The maximum Gasteiger partial charge on any atom is 0.338 e. The highest BCUT2D eigenvalue weighted by Gasteiger charge is 2.22. The van der Waals surface area contributed by atoms with Crippen LogP contribution < -0.4 is 9.47 Å². The summed E-state index contributed by atoms with van der Waals surface area (Å²) in [5.41, 5.74) is 1.54. The lowest BCUT2D eigenvalue weighted by molar-refractivity contribution is -0.00134. The second kappa shape index (κ2) is 27.5. The molecule has 2 fully saturated rings. The van der Waals surface area contributed by atoms with Crippen molar-refractivity contribution in [3.63, 3.8) is 0 Å². The fourth-order valence-electron chi connectivity index (χ4n) is 8.87. The van der Waals surface area contributed by atoms with Crippen LogP contribution in [0.15, 0.2) is 103 Å². The van der Waals surface area contributed by atoms with Gasteiger partial charge >= 0.3 is 11.9 Å². The molecule has 1 atom stereocenters. The molecular weight excluding hydrogens is 745 g/mol. The van der Waals surface area contributed by atoms with Gasteiger partial charge in [0.25, 0.3) is 0 Å². The first-order chi connectivity index (χ1) is 29.5. The lowest BCUT2D eigenvalue weighted by Gasteiger charge is -2.26. The van der Waals surface area contributed by atoms with Crippen molar-refractivity contribution >= 4 is 11.9 Å². The monoisotopic (exact) mass is 819 g/mol. The van der Waals surface area contributed by atoms with Crippen LogP contribution in [-0.2, 0) is 9.47 Å². The summed E-state index contributed by atoms with van der Waals surface area (Å²) in [5, 5.41) is 0. The summed E-state index contributed by atoms with van der Waals surface area (Å²) in [5.74, 6) is 3.51. The van der Waals surface area contributed by atoms with E-state index in [0.29, 0.717) is 47.7 Å². The Labute approximate surface area is 362 Å². The lowest BCUT2D eigenvalue weighted by atomic mass is 9.79. The molecule has 0 aliphatic heterocycles. The summed E-state index contributed by atoms with van der Waals surface area (Å²) < 4.78 is 23.5. The molecule has 0 N–H and O–H groups in total. The van der Waals surface area contributed by atoms with Crippen molar-refractivity contribution in [2.75, 3.05) is 19.8 Å². The number of allylic oxidation sites excluding steroid dienone is 2. The lowest BCUT2D eigenvalue weighted by Crippen LogP contribution is -2.19. The average Bonchev–Trinajstić information content (AvgIpc) is 3.29. The first kappa shape index (κ1) is 46.7. The third kappa shape index (κ3) is 17.3. The molecule has 2 saturated carbocycles. The number of unbranched alkanes of at least 4 members (excludes halogenated alkanes) is 8. The third-order valence-electron chi connectivity index (χ3n) is 12.7. The molecule has 326 valence electrons. The Morgan fingerprint density at radius 3 is 1.47 bits per heavy atom. The van der Waals surface area contributed by atoms with Gasteiger partial charge in [0.05, 0.1) is 11.1 Å². The fraction of sp³-hybridized carbons (Fsp3) is 0.556. The predicted octanol–water partition coefficient (Wildman–Crippen LogP) is 14.6. The second-order valence-electron chi connectivity index (χ2n) is 17.4. The highest BCUT2D eigenvalue weighted by molar-refractivity contribution is 5.90. The largest absolute Gasteiger partial charge is 0.490 e. The molecule has 3 aromatic carbocycles. The first-order valence-corrected chi connectivity index (χ1v) is 23.7. The summed E-state index contributed by atoms with van der Waals surface area (Å²) in [4.78, 5) is 26.4. The number of carbonyl (C=O) groups is 2. The van der Waals surface area contributed by atoms with E-state index < -0.39 is 18.0 Å². The quantitative estimate of drug-likeness (QED) is 0.0456. The van der Waals surface area contributed by atoms with Crippen LogP contribution in [0.5, 0.6) is 11.5 Å². The van der Waals surface area contributed by atoms with E-state index in [1.54, 1.807) is 48.5 Å². The molecule has 3 aromatic rings. The van der Waals surface area contributed by atoms with Gasteiger partial charge in [0, 0.05) is 0 Å². The molecule has 0 saturated heterocycles. The van der Waals surface area contributed by atoms with Crippen LogP contribution in [0.2, 0.25) is 0 Å². The molecule has 5 rings (SSSR count). The zero-order valence-electron chi connectivity index (χ0n) is 36.9. The van der Waals surface area contributed by atoms with E-state index in [0.717, 1.165) is 17.4 Å². The molecule has 0 aromatic heterocycles. The van der Waals surface area contributed by atoms with E-state index in [1.807, 2.05) is 30.3 Å². The van der Waals surface area contributed by atoms with Crippen LogP contribution in [0.3, 0.4) is 0 Å². The molecule has 6 nitrogen and oxygen atoms in total. The fourth-order valence-corrected chi connectivity index (χ4v) is 8.87. The van der Waals surface area contributed by atoms with Crippen LogP contribution in [0, 0.1) is 23.7 Å². The van der Waals surface area contributed by atoms with Gasteiger partial charge in [-0.1, -0.05) is 146 Å². The Morgan fingerprint density at radius 1 is 0.550 bits per heavy atom. The molecule has 0 heterocycles. The summed E-state index contributed by atoms with van der Waals surface area (Å²) in [7, 11) is 0. The third-order valence-corrected chi connectivity index (χ3v) is 12.7. The number of hydrogen-bond acceptors (Lipinski definition) is 6. The topological polar surface area (TPSA) is 71.1 Å². The summed E-state index contributed by atoms with van der Waals surface area (Å²) in [6.07, 6.45) is 35.1. The van der Waals surface area contributed by atoms with Gasteiger partial charge in [-0.15, -0.1) is 0 Å². The first-order valence-electron chi connectivity index (χ1n) is 23.7. The van der Waals surface area contributed by atoms with Gasteiger partial charge in [-0.3, -0.25) is 0 Å². The average molecular weight is 819 g/mol. The molecule has 0 spiro atoms. The van der Waals surface area contributed by atoms with Gasteiger partial charge in [-0.2, -0.15) is 0 Å². The van der Waals surface area contributed by atoms with Gasteiger partial charge in [0.1, 0.15) is 31.3 Å². The number of carbonyl (C=O) groups excluding carboxylic acids is 2. The zero-order valence-corrected chi connectivity index (χ0v) is 36.9. The minimum Gasteiger partial charge on any atom is -0.490 e. The number of rotatable bonds is 26. The van der Waals surface area contributed by atoms with Crippen LogP contribution in [0.25, 0.3) is 0 Å². The van der Waals surface area contributed by atoms with E-state index in [2.05, 4.69) is 38.2 Å². The highest BCUT2D eigenvalue weighted by Crippen LogP contribution is 2.34. The van der Waals surface area contributed by atoms with Crippen molar-refractivity contribution in [3.8, 4) is 11.5 Å². The number of benzene rings is 3. The molecule has 0 amide bonds. The van der Waals surface area contributed by atoms with Gasteiger partial charge < -0.3 is 18.9 Å². The van der Waals surface area contributed by atoms with Crippen molar-refractivity contribution < 1.29 is 28.5 Å². The van der Waals surface area contributed by atoms with E-state index in [1.165, 1.54) is 128 Å². The maximum absolute atomic E-state index is 13.3. The van der Waals surface area contributed by atoms with Crippen molar-refractivity contribution in [2.45, 2.75) is 148 Å². The normalized spacial score (nSPS) is 19.9. The van der Waals surface area contributed by atoms with Crippen molar-refractivity contribution in [3.05, 3.63) is 120 Å². The van der Waals surface area contributed by atoms with Gasteiger partial charge in [0.15, 0.2) is 6.10 Å². The molecule has 0 unspecified atom stereocenters. The van der Waals surface area contributed by atoms with Crippen LogP contribution >= 0.6 is 0 Å². The van der Waals surface area contributed by atoms with Gasteiger partial charge in [-0.25, -0.2) is 9.59 Å². The SMILES string of the molecule is CCCCCCC[C@H]1CC[C@H](C=CCOc2ccc(C(=O)OC[C@H](OC(=O)c3ccc(OCC=C[C@H]4CC[C@H](CCCCCCC)CC4)cc3)c3ccccc3)cc2)CC1. The van der Waals surface area contributed by atoms with Crippen LogP contribution in [-0.4, -0.2) is 31.8 Å². The molecular formula is C54H74O6. The van der Waals surface area contributed by atoms with Gasteiger partial charge in [0.2, 0.25) is 0 Å². The smallest absolute Gasteiger partial charge is 0.338 e. The molecule has 2 aliphatic carbocycles. The minimum atomic E-state index is -0.774. The van der Waals surface area contributed by atoms with Crippen molar-refractivity contribution in [1.82, 2.24) is 0 Å². The van der Waals surface area contributed by atoms with Crippen molar-refractivity contribution in [2.24, 2.45) is 23.7 Å². The standard InChI is InChI=1S/C54H74O6/c1-3-5-7-9-12-18-43-24-28-45(29-25-43)20-16-40-57-50-36-32-48(33-37-50)53(55)59-42-52(47-22-14-11-15-23-47)60-54(56)49-34-38-51(39-35-49)58-41-17-21-46-30-26-44(27-31-46)19-13-10-8-6-4-2/h11,14-17,20-23,32-39,43-46,52H,3-10,12-13,18-19,24-31,40-42H2,1-2H3/t43-,44-,45-,46-,52-/m0/s1. The summed E-state index contributed by atoms with van der Waals surface area (Å²) in [6.45, 7) is 5.43. The highest BCUT2D eigenvalue weighted by atomic mass is 16.6. The Hall–Kier alpha value is -4.32. The maximum atomic E-state index is 13.3. The second-order valence-corrected chi connectivity index (χ2v) is 17.4. The summed E-state index contributed by atoms with van der Waals surface area (Å²) >= 11 is 0. The zero-order chi connectivity index (χ0) is 42.0. The Morgan fingerprint density at radius 2 is 1.00 bits per heavy atom. The van der Waals surface area contributed by atoms with E-state index in [-0.39, 0.29) is 6.61 Å². The van der Waals surface area contributed by atoms with E-state index in [9.17, 15) is 9.59 Å². The molecule has 0 bridgehead atoms. The van der Waals surface area contributed by atoms with E-state index >= 15 is 0 Å². The Balaban J connectivity index is 0.996. The molecule has 60 heavy (non-hydrogen) atoms. The summed E-state index contributed by atoms with van der Waals surface area (Å²) in [6, 6.07) is 23.3. The molecule has 0 radical (unpaired) electrons. The molecule has 6 heteroatoms. The predicted molar refractivity (Wildman–Crippen MR) is 245 cm³/mol. The van der Waals surface area contributed by atoms with E-state index in [4.69, 9.17) is 18.9 Å². The van der Waals surface area contributed by atoms with Gasteiger partial charge in [-0.05, 0) is 129 Å². The minimum absolute atomic E-state index is 0.118. The Kier molecular flexibility index (Phi) is 21.4. The van der Waals surface area contributed by atoms with Crippen LogP contribution in [0.4, 0.5) is 0 Å². The number of hydrogen-bond donors (Lipinski definition) is 0. The van der Waals surface area contributed by atoms with Crippen molar-refractivity contribution in [1.29, 1.82) is 0 Å². The Bertz CT molecular complexity index is 1660. The molecule has 2 aliphatic rings. The van der Waals surface area contributed by atoms with Crippen LogP contribution in [0.1, 0.15) is 175 Å². The number of ether oxygens (including phenoxy) is 4.